The molecule has 1 fully saturated rings. The van der Waals surface area contributed by atoms with Crippen LogP contribution in [-0.2, 0) is 11.2 Å². The third-order valence-corrected chi connectivity index (χ3v) is 3.96. The standard InChI is InChI=1S/C16H24N2O2.ClH/c1-12-6-7-15(20-3)13(9-12)10-16(19)18-8-4-5-14(11-18)17-2;/h6-7,9,14,17H,4-5,8,10-11H2,1-3H3;1H. The topological polar surface area (TPSA) is 41.6 Å². The van der Waals surface area contributed by atoms with Crippen molar-refractivity contribution in [2.24, 2.45) is 0 Å². The van der Waals surface area contributed by atoms with Gasteiger partial charge in [-0.2, -0.15) is 0 Å². The first-order valence-electron chi connectivity index (χ1n) is 7.22. The normalized spacial score (nSPS) is 18.0. The molecule has 1 unspecified atom stereocenters. The van der Waals surface area contributed by atoms with Crippen LogP contribution < -0.4 is 10.1 Å². The smallest absolute Gasteiger partial charge is 0.227 e. The fourth-order valence-electron chi connectivity index (χ4n) is 2.76. The van der Waals surface area contributed by atoms with E-state index in [-0.39, 0.29) is 18.3 Å². The first-order chi connectivity index (χ1) is 9.63. The summed E-state index contributed by atoms with van der Waals surface area (Å²) < 4.78 is 5.35. The molecular formula is C16H25ClN2O2. The van der Waals surface area contributed by atoms with E-state index in [0.717, 1.165) is 42.8 Å². The molecule has 0 spiro atoms. The lowest BCUT2D eigenvalue weighted by atomic mass is 10.0. The number of benzene rings is 1. The number of piperidine rings is 1. The third kappa shape index (κ3) is 4.61. The highest BCUT2D eigenvalue weighted by Crippen LogP contribution is 2.21. The number of likely N-dealkylation sites (N-methyl/N-ethyl adjacent to an activating group) is 1. The summed E-state index contributed by atoms with van der Waals surface area (Å²) in [5, 5.41) is 3.27. The highest BCUT2D eigenvalue weighted by Gasteiger charge is 2.23. The van der Waals surface area contributed by atoms with Gasteiger partial charge in [0.2, 0.25) is 5.91 Å². The third-order valence-electron chi connectivity index (χ3n) is 3.96. The van der Waals surface area contributed by atoms with Crippen molar-refractivity contribution in [2.75, 3.05) is 27.2 Å². The van der Waals surface area contributed by atoms with Crippen LogP contribution >= 0.6 is 12.4 Å². The number of carbonyl (C=O) groups is 1. The summed E-state index contributed by atoms with van der Waals surface area (Å²) >= 11 is 0. The maximum Gasteiger partial charge on any atom is 0.227 e. The zero-order chi connectivity index (χ0) is 14.5. The van der Waals surface area contributed by atoms with Gasteiger partial charge in [0.05, 0.1) is 13.5 Å². The summed E-state index contributed by atoms with van der Waals surface area (Å²) in [6, 6.07) is 6.40. The maximum absolute atomic E-state index is 12.5. The summed E-state index contributed by atoms with van der Waals surface area (Å²) in [5.41, 5.74) is 2.13. The highest BCUT2D eigenvalue weighted by molar-refractivity contribution is 5.85. The second-order valence-electron chi connectivity index (χ2n) is 5.46. The first kappa shape index (κ1) is 17.8. The Balaban J connectivity index is 0.00000220. The lowest BCUT2D eigenvalue weighted by Gasteiger charge is -2.32. The van der Waals surface area contributed by atoms with Crippen molar-refractivity contribution in [3.05, 3.63) is 29.3 Å². The Hall–Kier alpha value is -1.26. The molecule has 5 heteroatoms. The molecule has 0 radical (unpaired) electrons. The van der Waals surface area contributed by atoms with Gasteiger partial charge >= 0.3 is 0 Å². The molecule has 2 rings (SSSR count). The number of hydrogen-bond acceptors (Lipinski definition) is 3. The number of amides is 1. The van der Waals surface area contributed by atoms with Crippen molar-refractivity contribution in [2.45, 2.75) is 32.2 Å². The van der Waals surface area contributed by atoms with Gasteiger partial charge in [-0.1, -0.05) is 17.7 Å². The molecule has 1 aromatic carbocycles. The van der Waals surface area contributed by atoms with Gasteiger partial charge < -0.3 is 15.0 Å². The molecule has 0 aliphatic carbocycles. The molecule has 1 aliphatic rings. The number of aryl methyl sites for hydroxylation is 1. The molecule has 118 valence electrons. The van der Waals surface area contributed by atoms with Crippen molar-refractivity contribution < 1.29 is 9.53 Å². The van der Waals surface area contributed by atoms with Crippen LogP contribution in [0.2, 0.25) is 0 Å². The maximum atomic E-state index is 12.5. The predicted molar refractivity (Wildman–Crippen MR) is 87.3 cm³/mol. The number of likely N-dealkylation sites (tertiary alicyclic amines) is 1. The molecule has 0 aromatic heterocycles. The molecule has 1 aliphatic heterocycles. The van der Waals surface area contributed by atoms with Crippen LogP contribution in [0.3, 0.4) is 0 Å². The van der Waals surface area contributed by atoms with Crippen LogP contribution in [0.4, 0.5) is 0 Å². The lowest BCUT2D eigenvalue weighted by molar-refractivity contribution is -0.131. The van der Waals surface area contributed by atoms with E-state index in [2.05, 4.69) is 5.32 Å². The molecule has 0 bridgehead atoms. The van der Waals surface area contributed by atoms with Gasteiger partial charge in [-0.3, -0.25) is 4.79 Å². The number of halogens is 1. The van der Waals surface area contributed by atoms with Crippen molar-refractivity contribution in [1.82, 2.24) is 10.2 Å². The average Bonchev–Trinajstić information content (AvgIpc) is 2.47. The van der Waals surface area contributed by atoms with E-state index >= 15 is 0 Å². The molecule has 0 saturated carbocycles. The number of hydrogen-bond donors (Lipinski definition) is 1. The fourth-order valence-corrected chi connectivity index (χ4v) is 2.76. The lowest BCUT2D eigenvalue weighted by Crippen LogP contribution is -2.47. The molecule has 1 aromatic rings. The minimum absolute atomic E-state index is 0. The number of rotatable bonds is 4. The number of methoxy groups -OCH3 is 1. The van der Waals surface area contributed by atoms with Crippen LogP contribution in [0.25, 0.3) is 0 Å². The Kier molecular flexibility index (Phi) is 6.99. The van der Waals surface area contributed by atoms with E-state index in [0.29, 0.717) is 12.5 Å². The summed E-state index contributed by atoms with van der Waals surface area (Å²) in [7, 11) is 3.61. The number of carbonyl (C=O) groups excluding carboxylic acids is 1. The Morgan fingerprint density at radius 1 is 1.48 bits per heavy atom. The van der Waals surface area contributed by atoms with Crippen LogP contribution in [0.5, 0.6) is 5.75 Å². The zero-order valence-electron chi connectivity index (χ0n) is 13.0. The minimum Gasteiger partial charge on any atom is -0.496 e. The summed E-state index contributed by atoms with van der Waals surface area (Å²) in [6.45, 7) is 3.71. The monoisotopic (exact) mass is 312 g/mol. The quantitative estimate of drug-likeness (QED) is 0.926. The SMILES string of the molecule is CNC1CCCN(C(=O)Cc2cc(C)ccc2OC)C1.Cl. The fraction of sp³-hybridized carbons (Fsp3) is 0.562. The molecular weight excluding hydrogens is 288 g/mol. The largest absolute Gasteiger partial charge is 0.496 e. The van der Waals surface area contributed by atoms with Gasteiger partial charge in [-0.15, -0.1) is 12.4 Å². The Morgan fingerprint density at radius 2 is 2.24 bits per heavy atom. The highest BCUT2D eigenvalue weighted by atomic mass is 35.5. The Bertz CT molecular complexity index is 479. The summed E-state index contributed by atoms with van der Waals surface area (Å²) in [4.78, 5) is 14.4. The van der Waals surface area contributed by atoms with Crippen LogP contribution in [0.1, 0.15) is 24.0 Å². The molecule has 4 nitrogen and oxygen atoms in total. The number of ether oxygens (including phenoxy) is 1. The minimum atomic E-state index is 0. The van der Waals surface area contributed by atoms with Gasteiger partial charge in [-0.05, 0) is 32.9 Å². The van der Waals surface area contributed by atoms with Crippen LogP contribution in [-0.4, -0.2) is 44.1 Å². The van der Waals surface area contributed by atoms with E-state index in [1.165, 1.54) is 0 Å². The van der Waals surface area contributed by atoms with E-state index in [1.54, 1.807) is 7.11 Å². The van der Waals surface area contributed by atoms with Gasteiger partial charge in [0, 0.05) is 24.7 Å². The Morgan fingerprint density at radius 3 is 2.90 bits per heavy atom. The van der Waals surface area contributed by atoms with Crippen LogP contribution in [0.15, 0.2) is 18.2 Å². The van der Waals surface area contributed by atoms with Gasteiger partial charge in [0.25, 0.3) is 0 Å². The number of nitrogens with zero attached hydrogens (tertiary/aromatic N) is 1. The molecule has 21 heavy (non-hydrogen) atoms. The molecule has 1 amide bonds. The summed E-state index contributed by atoms with van der Waals surface area (Å²) in [5.74, 6) is 0.986. The van der Waals surface area contributed by atoms with E-state index in [4.69, 9.17) is 4.74 Å². The van der Waals surface area contributed by atoms with Crippen molar-refractivity contribution in [3.63, 3.8) is 0 Å². The van der Waals surface area contributed by atoms with Crippen molar-refractivity contribution in [1.29, 1.82) is 0 Å². The van der Waals surface area contributed by atoms with E-state index < -0.39 is 0 Å². The zero-order valence-corrected chi connectivity index (χ0v) is 13.8. The molecule has 1 atom stereocenters. The number of nitrogens with one attached hydrogen (secondary N) is 1. The average molecular weight is 313 g/mol. The molecule has 1 saturated heterocycles. The second-order valence-corrected chi connectivity index (χ2v) is 5.46. The predicted octanol–water partition coefficient (Wildman–Crippen LogP) is 2.18. The van der Waals surface area contributed by atoms with E-state index in [1.807, 2.05) is 37.1 Å². The molecule has 1 heterocycles. The Labute approximate surface area is 133 Å². The second kappa shape index (κ2) is 8.25. The van der Waals surface area contributed by atoms with Gasteiger partial charge in [0.15, 0.2) is 0 Å². The first-order valence-corrected chi connectivity index (χ1v) is 7.22. The molecule has 1 N–H and O–H groups in total. The van der Waals surface area contributed by atoms with Crippen molar-refractivity contribution in [3.8, 4) is 5.75 Å². The van der Waals surface area contributed by atoms with Gasteiger partial charge in [-0.25, -0.2) is 0 Å². The van der Waals surface area contributed by atoms with Crippen LogP contribution in [0, 0.1) is 6.92 Å². The van der Waals surface area contributed by atoms with Crippen molar-refractivity contribution >= 4 is 18.3 Å². The van der Waals surface area contributed by atoms with Gasteiger partial charge in [0.1, 0.15) is 5.75 Å². The summed E-state index contributed by atoms with van der Waals surface area (Å²) in [6.07, 6.45) is 2.64. The van der Waals surface area contributed by atoms with E-state index in [9.17, 15) is 4.79 Å².